The highest BCUT2D eigenvalue weighted by atomic mass is 32.1. The third-order valence-corrected chi connectivity index (χ3v) is 4.50. The Morgan fingerprint density at radius 1 is 1.21 bits per heavy atom. The molecule has 0 unspecified atom stereocenters. The summed E-state index contributed by atoms with van der Waals surface area (Å²) in [4.78, 5) is 0. The Hall–Kier alpha value is -1.16. The fourth-order valence-corrected chi connectivity index (χ4v) is 3.43. The maximum absolute atomic E-state index is 3.72. The Labute approximate surface area is 118 Å². The molecule has 0 amide bonds. The summed E-state index contributed by atoms with van der Waals surface area (Å²) in [5, 5.41) is 11.7. The molecular formula is C16H20N2S. The molecule has 0 radical (unpaired) electrons. The SMILES string of the molecule is c1ccc([C@@H]2NCCC[C@@H]2NCc2ccsc2)cc1. The molecule has 0 aliphatic carbocycles. The average Bonchev–Trinajstić information content (AvgIpc) is 3.00. The first-order valence-corrected chi connectivity index (χ1v) is 7.90. The summed E-state index contributed by atoms with van der Waals surface area (Å²) in [6.07, 6.45) is 2.50. The first-order valence-electron chi connectivity index (χ1n) is 6.96. The van der Waals surface area contributed by atoms with E-state index in [1.54, 1.807) is 11.3 Å². The van der Waals surface area contributed by atoms with E-state index in [4.69, 9.17) is 0 Å². The van der Waals surface area contributed by atoms with Crippen LogP contribution in [-0.2, 0) is 6.54 Å². The van der Waals surface area contributed by atoms with Crippen molar-refractivity contribution in [2.45, 2.75) is 31.5 Å². The smallest absolute Gasteiger partial charge is 0.0476 e. The van der Waals surface area contributed by atoms with Crippen molar-refractivity contribution in [1.82, 2.24) is 10.6 Å². The van der Waals surface area contributed by atoms with E-state index in [0.717, 1.165) is 13.1 Å². The number of piperidine rings is 1. The van der Waals surface area contributed by atoms with Crippen LogP contribution in [-0.4, -0.2) is 12.6 Å². The van der Waals surface area contributed by atoms with Crippen LogP contribution in [0.2, 0.25) is 0 Å². The van der Waals surface area contributed by atoms with Gasteiger partial charge < -0.3 is 10.6 Å². The van der Waals surface area contributed by atoms with Gasteiger partial charge in [0, 0.05) is 18.6 Å². The molecule has 2 aromatic rings. The Kier molecular flexibility index (Phi) is 4.28. The van der Waals surface area contributed by atoms with Gasteiger partial charge in [-0.1, -0.05) is 30.3 Å². The van der Waals surface area contributed by atoms with E-state index in [2.05, 4.69) is 57.8 Å². The van der Waals surface area contributed by atoms with E-state index in [1.807, 2.05) is 0 Å². The molecule has 3 heteroatoms. The normalized spacial score (nSPS) is 23.4. The molecule has 2 atom stereocenters. The zero-order valence-electron chi connectivity index (χ0n) is 11.0. The van der Waals surface area contributed by atoms with Crippen LogP contribution in [0.3, 0.4) is 0 Å². The van der Waals surface area contributed by atoms with Gasteiger partial charge in [-0.15, -0.1) is 0 Å². The summed E-state index contributed by atoms with van der Waals surface area (Å²) >= 11 is 1.77. The third-order valence-electron chi connectivity index (χ3n) is 3.77. The maximum atomic E-state index is 3.72. The van der Waals surface area contributed by atoms with Crippen LogP contribution in [0.4, 0.5) is 0 Å². The Bertz CT molecular complexity index is 481. The van der Waals surface area contributed by atoms with Gasteiger partial charge in [-0.25, -0.2) is 0 Å². The largest absolute Gasteiger partial charge is 0.309 e. The quantitative estimate of drug-likeness (QED) is 0.892. The Morgan fingerprint density at radius 2 is 2.11 bits per heavy atom. The lowest BCUT2D eigenvalue weighted by Crippen LogP contribution is -2.45. The third kappa shape index (κ3) is 3.24. The Morgan fingerprint density at radius 3 is 2.89 bits per heavy atom. The van der Waals surface area contributed by atoms with E-state index in [0.29, 0.717) is 12.1 Å². The highest BCUT2D eigenvalue weighted by molar-refractivity contribution is 7.07. The highest BCUT2D eigenvalue weighted by Gasteiger charge is 2.25. The number of rotatable bonds is 4. The van der Waals surface area contributed by atoms with Crippen LogP contribution in [0.1, 0.15) is 30.0 Å². The van der Waals surface area contributed by atoms with Crippen LogP contribution in [0, 0.1) is 0 Å². The van der Waals surface area contributed by atoms with Gasteiger partial charge in [0.25, 0.3) is 0 Å². The van der Waals surface area contributed by atoms with Crippen LogP contribution in [0.5, 0.6) is 0 Å². The molecular weight excluding hydrogens is 252 g/mol. The van der Waals surface area contributed by atoms with Gasteiger partial charge in [0.2, 0.25) is 0 Å². The second-order valence-corrected chi connectivity index (χ2v) is 5.88. The lowest BCUT2D eigenvalue weighted by atomic mass is 9.92. The summed E-state index contributed by atoms with van der Waals surface area (Å²) in [5.41, 5.74) is 2.78. The first-order chi connectivity index (χ1) is 9.43. The van der Waals surface area contributed by atoms with E-state index in [9.17, 15) is 0 Å². The molecule has 2 nitrogen and oxygen atoms in total. The van der Waals surface area contributed by atoms with Crippen molar-refractivity contribution < 1.29 is 0 Å². The predicted molar refractivity (Wildman–Crippen MR) is 81.4 cm³/mol. The number of hydrogen-bond acceptors (Lipinski definition) is 3. The molecule has 19 heavy (non-hydrogen) atoms. The van der Waals surface area contributed by atoms with Crippen LogP contribution >= 0.6 is 11.3 Å². The topological polar surface area (TPSA) is 24.1 Å². The fraction of sp³-hybridized carbons (Fsp3) is 0.375. The average molecular weight is 272 g/mol. The summed E-state index contributed by atoms with van der Waals surface area (Å²) in [6, 6.07) is 13.9. The second-order valence-electron chi connectivity index (χ2n) is 5.10. The number of nitrogens with one attached hydrogen (secondary N) is 2. The van der Waals surface area contributed by atoms with Crippen LogP contribution in [0.15, 0.2) is 47.2 Å². The molecule has 1 fully saturated rings. The number of hydrogen-bond donors (Lipinski definition) is 2. The molecule has 100 valence electrons. The van der Waals surface area contributed by atoms with Crippen molar-refractivity contribution in [3.05, 3.63) is 58.3 Å². The number of benzene rings is 1. The first kappa shape index (κ1) is 12.9. The standard InChI is InChI=1S/C16H20N2S/c1-2-5-14(6-3-1)16-15(7-4-9-17-16)18-11-13-8-10-19-12-13/h1-3,5-6,8,10,12,15-18H,4,7,9,11H2/t15-,16-/m0/s1. The minimum absolute atomic E-state index is 0.439. The van der Waals surface area contributed by atoms with Gasteiger partial charge >= 0.3 is 0 Å². The highest BCUT2D eigenvalue weighted by Crippen LogP contribution is 2.23. The summed E-state index contributed by atoms with van der Waals surface area (Å²) < 4.78 is 0. The fourth-order valence-electron chi connectivity index (χ4n) is 2.76. The molecule has 2 heterocycles. The lowest BCUT2D eigenvalue weighted by molar-refractivity contribution is 0.305. The van der Waals surface area contributed by atoms with E-state index in [-0.39, 0.29) is 0 Å². The van der Waals surface area contributed by atoms with Crippen molar-refractivity contribution in [3.63, 3.8) is 0 Å². The summed E-state index contributed by atoms with van der Waals surface area (Å²) in [6.45, 7) is 2.09. The molecule has 1 saturated heterocycles. The van der Waals surface area contributed by atoms with Gasteiger partial charge in [0.1, 0.15) is 0 Å². The maximum Gasteiger partial charge on any atom is 0.0476 e. The van der Waals surface area contributed by atoms with E-state index in [1.165, 1.54) is 24.0 Å². The minimum Gasteiger partial charge on any atom is -0.309 e. The van der Waals surface area contributed by atoms with Crippen molar-refractivity contribution in [2.24, 2.45) is 0 Å². The second kappa shape index (κ2) is 6.33. The van der Waals surface area contributed by atoms with Gasteiger partial charge in [-0.2, -0.15) is 11.3 Å². The zero-order chi connectivity index (χ0) is 12.9. The van der Waals surface area contributed by atoms with Crippen molar-refractivity contribution in [3.8, 4) is 0 Å². The summed E-state index contributed by atoms with van der Waals surface area (Å²) in [5.74, 6) is 0. The van der Waals surface area contributed by atoms with E-state index < -0.39 is 0 Å². The molecule has 1 aliphatic heterocycles. The monoisotopic (exact) mass is 272 g/mol. The van der Waals surface area contributed by atoms with Gasteiger partial charge in [-0.05, 0) is 47.3 Å². The molecule has 0 bridgehead atoms. The van der Waals surface area contributed by atoms with Crippen molar-refractivity contribution in [1.29, 1.82) is 0 Å². The van der Waals surface area contributed by atoms with Gasteiger partial charge in [0.05, 0.1) is 0 Å². The van der Waals surface area contributed by atoms with Crippen molar-refractivity contribution >= 4 is 11.3 Å². The molecule has 1 aliphatic rings. The molecule has 3 rings (SSSR count). The predicted octanol–water partition coefficient (Wildman–Crippen LogP) is 3.33. The summed E-state index contributed by atoms with van der Waals surface area (Å²) in [7, 11) is 0. The lowest BCUT2D eigenvalue weighted by Gasteiger charge is -2.33. The van der Waals surface area contributed by atoms with Gasteiger partial charge in [-0.3, -0.25) is 0 Å². The van der Waals surface area contributed by atoms with Gasteiger partial charge in [0.15, 0.2) is 0 Å². The van der Waals surface area contributed by atoms with Crippen LogP contribution < -0.4 is 10.6 Å². The minimum atomic E-state index is 0.439. The molecule has 2 N–H and O–H groups in total. The van der Waals surface area contributed by atoms with Crippen molar-refractivity contribution in [2.75, 3.05) is 6.54 Å². The van der Waals surface area contributed by atoms with E-state index >= 15 is 0 Å². The van der Waals surface area contributed by atoms with Crippen LogP contribution in [0.25, 0.3) is 0 Å². The Balaban J connectivity index is 1.67. The molecule has 0 saturated carbocycles. The molecule has 1 aromatic heterocycles. The molecule has 1 aromatic carbocycles. The number of thiophene rings is 1. The molecule has 0 spiro atoms. The zero-order valence-corrected chi connectivity index (χ0v) is 11.8.